The van der Waals surface area contributed by atoms with E-state index in [0.717, 1.165) is 18.7 Å². The molecule has 1 aliphatic rings. The van der Waals surface area contributed by atoms with E-state index >= 15 is 0 Å². The van der Waals surface area contributed by atoms with Gasteiger partial charge < -0.3 is 9.80 Å². The van der Waals surface area contributed by atoms with Crippen LogP contribution in [-0.2, 0) is 4.79 Å². The average molecular weight is 375 g/mol. The Hall–Kier alpha value is -1.97. The molecule has 5 heteroatoms. The van der Waals surface area contributed by atoms with E-state index in [4.69, 9.17) is 23.2 Å². The number of benzene rings is 2. The second-order valence-corrected chi connectivity index (χ2v) is 6.94. The molecule has 0 unspecified atom stereocenters. The van der Waals surface area contributed by atoms with Gasteiger partial charge in [0.05, 0.1) is 0 Å². The van der Waals surface area contributed by atoms with Crippen molar-refractivity contribution in [2.75, 3.05) is 31.1 Å². The summed E-state index contributed by atoms with van der Waals surface area (Å²) in [6.45, 7) is 5.22. The smallest absolute Gasteiger partial charge is 0.246 e. The Labute approximate surface area is 158 Å². The average Bonchev–Trinajstić information content (AvgIpc) is 2.61. The quantitative estimate of drug-likeness (QED) is 0.729. The summed E-state index contributed by atoms with van der Waals surface area (Å²) in [5, 5.41) is 1.13. The molecule has 0 radical (unpaired) electrons. The van der Waals surface area contributed by atoms with Crippen molar-refractivity contribution >= 4 is 40.9 Å². The van der Waals surface area contributed by atoms with Crippen LogP contribution >= 0.6 is 23.2 Å². The van der Waals surface area contributed by atoms with Gasteiger partial charge in [-0.1, -0.05) is 47.5 Å². The monoisotopic (exact) mass is 374 g/mol. The highest BCUT2D eigenvalue weighted by molar-refractivity contribution is 6.35. The standard InChI is InChI=1S/C20H20Cl2N2O/c1-15-4-2-3-5-19(15)23-10-12-24(13-11-23)20(25)9-7-16-6-8-17(21)14-18(16)22/h2-9,14H,10-13H2,1H3/b9-7+. The molecule has 2 aromatic rings. The first kappa shape index (κ1) is 17.8. The zero-order chi connectivity index (χ0) is 17.8. The number of nitrogens with zero attached hydrogens (tertiary/aromatic N) is 2. The van der Waals surface area contributed by atoms with Crippen LogP contribution in [0.2, 0.25) is 10.0 Å². The lowest BCUT2D eigenvalue weighted by Crippen LogP contribution is -2.48. The van der Waals surface area contributed by atoms with Gasteiger partial charge in [0, 0.05) is 48.0 Å². The molecular formula is C20H20Cl2N2O. The van der Waals surface area contributed by atoms with Crippen LogP contribution in [0, 0.1) is 6.92 Å². The van der Waals surface area contributed by atoms with Crippen molar-refractivity contribution in [3.8, 4) is 0 Å². The van der Waals surface area contributed by atoms with Gasteiger partial charge in [-0.15, -0.1) is 0 Å². The maximum absolute atomic E-state index is 12.4. The second-order valence-electron chi connectivity index (χ2n) is 6.10. The van der Waals surface area contributed by atoms with Crippen LogP contribution in [0.3, 0.4) is 0 Å². The van der Waals surface area contributed by atoms with Gasteiger partial charge in [-0.3, -0.25) is 4.79 Å². The zero-order valence-corrected chi connectivity index (χ0v) is 15.6. The molecule has 1 fully saturated rings. The third-order valence-electron chi connectivity index (χ3n) is 4.42. The van der Waals surface area contributed by atoms with Gasteiger partial charge in [0.15, 0.2) is 0 Å². The van der Waals surface area contributed by atoms with Crippen molar-refractivity contribution in [1.29, 1.82) is 0 Å². The van der Waals surface area contributed by atoms with Crippen LogP contribution in [0.15, 0.2) is 48.5 Å². The van der Waals surface area contributed by atoms with Crippen LogP contribution in [0.25, 0.3) is 6.08 Å². The van der Waals surface area contributed by atoms with Crippen molar-refractivity contribution in [3.63, 3.8) is 0 Å². The minimum Gasteiger partial charge on any atom is -0.368 e. The van der Waals surface area contributed by atoms with E-state index in [1.54, 1.807) is 24.3 Å². The van der Waals surface area contributed by atoms with Crippen LogP contribution in [0.4, 0.5) is 5.69 Å². The highest BCUT2D eigenvalue weighted by Crippen LogP contribution is 2.23. The van der Waals surface area contributed by atoms with Crippen molar-refractivity contribution < 1.29 is 4.79 Å². The van der Waals surface area contributed by atoms with E-state index in [1.807, 2.05) is 17.0 Å². The minimum atomic E-state index is 0.00968. The molecule has 1 aliphatic heterocycles. The lowest BCUT2D eigenvalue weighted by Gasteiger charge is -2.36. The SMILES string of the molecule is Cc1ccccc1N1CCN(C(=O)/C=C/c2ccc(Cl)cc2Cl)CC1. The highest BCUT2D eigenvalue weighted by atomic mass is 35.5. The number of para-hydroxylation sites is 1. The lowest BCUT2D eigenvalue weighted by molar-refractivity contribution is -0.126. The molecule has 1 heterocycles. The molecule has 2 aromatic carbocycles. The Kier molecular flexibility index (Phi) is 5.67. The highest BCUT2D eigenvalue weighted by Gasteiger charge is 2.20. The lowest BCUT2D eigenvalue weighted by atomic mass is 10.1. The topological polar surface area (TPSA) is 23.6 Å². The number of carbonyl (C=O) groups excluding carboxylic acids is 1. The number of hydrogen-bond acceptors (Lipinski definition) is 2. The number of carbonyl (C=O) groups is 1. The summed E-state index contributed by atoms with van der Waals surface area (Å²) in [5.41, 5.74) is 3.30. The number of piperazine rings is 1. The van der Waals surface area contributed by atoms with Crippen molar-refractivity contribution in [3.05, 3.63) is 69.7 Å². The molecule has 1 amide bonds. The summed E-state index contributed by atoms with van der Waals surface area (Å²) in [4.78, 5) is 16.6. The van der Waals surface area contributed by atoms with E-state index in [9.17, 15) is 4.79 Å². The number of aryl methyl sites for hydroxylation is 1. The first-order valence-corrected chi connectivity index (χ1v) is 9.03. The second kappa shape index (κ2) is 7.94. The third-order valence-corrected chi connectivity index (χ3v) is 4.98. The van der Waals surface area contributed by atoms with Gasteiger partial charge in [-0.25, -0.2) is 0 Å². The zero-order valence-electron chi connectivity index (χ0n) is 14.1. The van der Waals surface area contributed by atoms with E-state index in [1.165, 1.54) is 11.3 Å². The summed E-state index contributed by atoms with van der Waals surface area (Å²) in [6.07, 6.45) is 3.33. The number of anilines is 1. The Balaban J connectivity index is 1.60. The summed E-state index contributed by atoms with van der Waals surface area (Å²) >= 11 is 12.0. The van der Waals surface area contributed by atoms with Gasteiger partial charge in [-0.2, -0.15) is 0 Å². The molecule has 3 nitrogen and oxygen atoms in total. The van der Waals surface area contributed by atoms with Gasteiger partial charge in [0.2, 0.25) is 5.91 Å². The normalized spacial score (nSPS) is 15.0. The molecule has 0 N–H and O–H groups in total. The molecular weight excluding hydrogens is 355 g/mol. The molecule has 0 bridgehead atoms. The molecule has 0 aliphatic carbocycles. The largest absolute Gasteiger partial charge is 0.368 e. The number of amides is 1. The third kappa shape index (κ3) is 4.36. The van der Waals surface area contributed by atoms with Gasteiger partial charge in [0.1, 0.15) is 0 Å². The van der Waals surface area contributed by atoms with Gasteiger partial charge in [0.25, 0.3) is 0 Å². The Morgan fingerprint density at radius 3 is 2.44 bits per heavy atom. The summed E-state index contributed by atoms with van der Waals surface area (Å²) in [6, 6.07) is 13.6. The summed E-state index contributed by atoms with van der Waals surface area (Å²) < 4.78 is 0. The Morgan fingerprint density at radius 1 is 1.04 bits per heavy atom. The molecule has 0 aromatic heterocycles. The van der Waals surface area contributed by atoms with E-state index in [0.29, 0.717) is 23.1 Å². The molecule has 0 saturated carbocycles. The molecule has 0 atom stereocenters. The number of rotatable bonds is 3. The molecule has 0 spiro atoms. The van der Waals surface area contributed by atoms with Crippen LogP contribution in [0.5, 0.6) is 0 Å². The number of hydrogen-bond donors (Lipinski definition) is 0. The van der Waals surface area contributed by atoms with Gasteiger partial charge in [-0.05, 0) is 42.3 Å². The Morgan fingerprint density at radius 2 is 1.76 bits per heavy atom. The van der Waals surface area contributed by atoms with Crippen molar-refractivity contribution in [2.45, 2.75) is 6.92 Å². The summed E-state index contributed by atoms with van der Waals surface area (Å²) in [5.74, 6) is 0.00968. The molecule has 1 saturated heterocycles. The minimum absolute atomic E-state index is 0.00968. The Bertz CT molecular complexity index is 796. The van der Waals surface area contributed by atoms with Crippen LogP contribution in [-0.4, -0.2) is 37.0 Å². The first-order chi connectivity index (χ1) is 12.0. The first-order valence-electron chi connectivity index (χ1n) is 8.27. The predicted octanol–water partition coefficient (Wildman–Crippen LogP) is 4.66. The van der Waals surface area contributed by atoms with Gasteiger partial charge >= 0.3 is 0 Å². The van der Waals surface area contributed by atoms with E-state index < -0.39 is 0 Å². The fourth-order valence-corrected chi connectivity index (χ4v) is 3.46. The van der Waals surface area contributed by atoms with Crippen molar-refractivity contribution in [1.82, 2.24) is 4.90 Å². The van der Waals surface area contributed by atoms with Crippen LogP contribution < -0.4 is 4.90 Å². The molecule has 3 rings (SSSR count). The number of halogens is 2. The predicted molar refractivity (Wildman–Crippen MR) is 105 cm³/mol. The summed E-state index contributed by atoms with van der Waals surface area (Å²) in [7, 11) is 0. The fourth-order valence-electron chi connectivity index (χ4n) is 2.99. The van der Waals surface area contributed by atoms with E-state index in [-0.39, 0.29) is 5.91 Å². The fraction of sp³-hybridized carbons (Fsp3) is 0.250. The maximum atomic E-state index is 12.4. The van der Waals surface area contributed by atoms with Crippen LogP contribution in [0.1, 0.15) is 11.1 Å². The van der Waals surface area contributed by atoms with Crippen molar-refractivity contribution in [2.24, 2.45) is 0 Å². The van der Waals surface area contributed by atoms with E-state index in [2.05, 4.69) is 30.0 Å². The maximum Gasteiger partial charge on any atom is 0.246 e. The molecule has 25 heavy (non-hydrogen) atoms. The molecule has 130 valence electrons.